The van der Waals surface area contributed by atoms with Crippen molar-refractivity contribution in [2.75, 3.05) is 11.9 Å². The third kappa shape index (κ3) is 3.06. The van der Waals surface area contributed by atoms with Crippen LogP contribution in [0.1, 0.15) is 25.3 Å². The molecule has 0 aromatic heterocycles. The van der Waals surface area contributed by atoms with Crippen molar-refractivity contribution < 1.29 is 14.3 Å². The third-order valence-electron chi connectivity index (χ3n) is 2.68. The van der Waals surface area contributed by atoms with E-state index in [-0.39, 0.29) is 18.1 Å². The second-order valence-corrected chi connectivity index (χ2v) is 4.17. The fourth-order valence-electron chi connectivity index (χ4n) is 1.78. The van der Waals surface area contributed by atoms with Crippen LogP contribution >= 0.6 is 0 Å². The molecule has 1 aliphatic rings. The van der Waals surface area contributed by atoms with E-state index in [1.54, 1.807) is 0 Å². The van der Waals surface area contributed by atoms with E-state index in [1.807, 2.05) is 18.2 Å². The zero-order valence-corrected chi connectivity index (χ0v) is 9.79. The molecule has 2 rings (SSSR count). The molecule has 0 atom stereocenters. The maximum atomic E-state index is 11.5. The van der Waals surface area contributed by atoms with Crippen LogP contribution < -0.4 is 10.1 Å². The van der Waals surface area contributed by atoms with E-state index in [9.17, 15) is 9.59 Å². The Morgan fingerprint density at radius 2 is 2.18 bits per heavy atom. The molecule has 1 aromatic rings. The van der Waals surface area contributed by atoms with Crippen LogP contribution in [0.2, 0.25) is 0 Å². The molecule has 1 N–H and O–H groups in total. The first-order valence-electron chi connectivity index (χ1n) is 5.70. The zero-order chi connectivity index (χ0) is 12.3. The van der Waals surface area contributed by atoms with Gasteiger partial charge in [-0.3, -0.25) is 4.79 Å². The lowest BCUT2D eigenvalue weighted by molar-refractivity contribution is -0.121. The minimum atomic E-state index is -0.126. The van der Waals surface area contributed by atoms with E-state index in [0.717, 1.165) is 23.4 Å². The molecular weight excluding hydrogens is 218 g/mol. The summed E-state index contributed by atoms with van der Waals surface area (Å²) < 4.78 is 5.38. The highest BCUT2D eigenvalue weighted by molar-refractivity contribution is 5.93. The average molecular weight is 233 g/mol. The van der Waals surface area contributed by atoms with Crippen LogP contribution in [0.5, 0.6) is 5.75 Å². The van der Waals surface area contributed by atoms with Gasteiger partial charge in [0.2, 0.25) is 5.91 Å². The maximum absolute atomic E-state index is 11.5. The number of nitrogens with one attached hydrogen (secondary N) is 1. The standard InChI is InChI=1S/C13H15NO3/c1-9(15)2-5-13(16)14-11-3-4-12-10(8-11)6-7-17-12/h3-4,8H,2,5-7H2,1H3,(H,14,16). The van der Waals surface area contributed by atoms with Gasteiger partial charge >= 0.3 is 0 Å². The molecule has 1 aliphatic heterocycles. The van der Waals surface area contributed by atoms with Gasteiger partial charge in [-0.05, 0) is 30.7 Å². The molecular formula is C13H15NO3. The number of anilines is 1. The van der Waals surface area contributed by atoms with Crippen molar-refractivity contribution in [1.82, 2.24) is 0 Å². The van der Waals surface area contributed by atoms with E-state index >= 15 is 0 Å². The van der Waals surface area contributed by atoms with Crippen LogP contribution in [0.3, 0.4) is 0 Å². The summed E-state index contributed by atoms with van der Waals surface area (Å²) in [7, 11) is 0. The molecule has 0 radical (unpaired) electrons. The average Bonchev–Trinajstić information content (AvgIpc) is 2.73. The molecule has 0 saturated heterocycles. The SMILES string of the molecule is CC(=O)CCC(=O)Nc1ccc2c(c1)CCO2. The summed E-state index contributed by atoms with van der Waals surface area (Å²) in [5, 5.41) is 2.78. The van der Waals surface area contributed by atoms with Crippen molar-refractivity contribution in [3.8, 4) is 5.75 Å². The molecule has 0 saturated carbocycles. The van der Waals surface area contributed by atoms with Crippen LogP contribution in [0, 0.1) is 0 Å². The van der Waals surface area contributed by atoms with Gasteiger partial charge in [-0.2, -0.15) is 0 Å². The lowest BCUT2D eigenvalue weighted by atomic mass is 10.1. The highest BCUT2D eigenvalue weighted by atomic mass is 16.5. The second kappa shape index (κ2) is 4.99. The Hall–Kier alpha value is -1.84. The second-order valence-electron chi connectivity index (χ2n) is 4.17. The smallest absolute Gasteiger partial charge is 0.224 e. The monoisotopic (exact) mass is 233 g/mol. The number of hydrogen-bond acceptors (Lipinski definition) is 3. The summed E-state index contributed by atoms with van der Waals surface area (Å²) >= 11 is 0. The largest absolute Gasteiger partial charge is 0.493 e. The van der Waals surface area contributed by atoms with Crippen molar-refractivity contribution in [3.05, 3.63) is 23.8 Å². The third-order valence-corrected chi connectivity index (χ3v) is 2.68. The summed E-state index contributed by atoms with van der Waals surface area (Å²) in [5.41, 5.74) is 1.89. The predicted octanol–water partition coefficient (Wildman–Crippen LogP) is 1.93. The van der Waals surface area contributed by atoms with E-state index in [4.69, 9.17) is 4.74 Å². The molecule has 90 valence electrons. The number of ketones is 1. The van der Waals surface area contributed by atoms with E-state index < -0.39 is 0 Å². The highest BCUT2D eigenvalue weighted by Gasteiger charge is 2.12. The van der Waals surface area contributed by atoms with Gasteiger partial charge in [-0.1, -0.05) is 0 Å². The Labute approximate surface area is 100.0 Å². The van der Waals surface area contributed by atoms with Crippen molar-refractivity contribution in [3.63, 3.8) is 0 Å². The van der Waals surface area contributed by atoms with Gasteiger partial charge in [0.05, 0.1) is 6.61 Å². The molecule has 4 nitrogen and oxygen atoms in total. The number of ether oxygens (including phenoxy) is 1. The van der Waals surface area contributed by atoms with Gasteiger partial charge in [0.1, 0.15) is 11.5 Å². The number of carbonyl (C=O) groups excluding carboxylic acids is 2. The molecule has 0 aliphatic carbocycles. The summed E-state index contributed by atoms with van der Waals surface area (Å²) in [6.07, 6.45) is 1.41. The van der Waals surface area contributed by atoms with Gasteiger partial charge < -0.3 is 14.8 Å². The zero-order valence-electron chi connectivity index (χ0n) is 9.79. The van der Waals surface area contributed by atoms with Crippen LogP contribution in [-0.4, -0.2) is 18.3 Å². The van der Waals surface area contributed by atoms with Gasteiger partial charge in [-0.25, -0.2) is 0 Å². The first kappa shape index (κ1) is 11.6. The lowest BCUT2D eigenvalue weighted by Gasteiger charge is -2.06. The van der Waals surface area contributed by atoms with Crippen molar-refractivity contribution in [2.45, 2.75) is 26.2 Å². The van der Waals surface area contributed by atoms with Crippen molar-refractivity contribution >= 4 is 17.4 Å². The Balaban J connectivity index is 1.95. The number of hydrogen-bond donors (Lipinski definition) is 1. The minimum Gasteiger partial charge on any atom is -0.493 e. The van der Waals surface area contributed by atoms with Crippen molar-refractivity contribution in [2.24, 2.45) is 0 Å². The molecule has 0 unspecified atom stereocenters. The Kier molecular flexibility index (Phi) is 3.42. The fraction of sp³-hybridized carbons (Fsp3) is 0.385. The van der Waals surface area contributed by atoms with E-state index in [0.29, 0.717) is 13.0 Å². The number of benzene rings is 1. The molecule has 1 heterocycles. The fourth-order valence-corrected chi connectivity index (χ4v) is 1.78. The molecule has 4 heteroatoms. The number of carbonyl (C=O) groups is 2. The lowest BCUT2D eigenvalue weighted by Crippen LogP contribution is -2.12. The first-order valence-corrected chi connectivity index (χ1v) is 5.70. The van der Waals surface area contributed by atoms with Gasteiger partial charge in [0.25, 0.3) is 0 Å². The summed E-state index contributed by atoms with van der Waals surface area (Å²) in [6.45, 7) is 2.19. The highest BCUT2D eigenvalue weighted by Crippen LogP contribution is 2.27. The quantitative estimate of drug-likeness (QED) is 0.864. The summed E-state index contributed by atoms with van der Waals surface area (Å²) in [5.74, 6) is 0.799. The molecule has 1 amide bonds. The number of fused-ring (bicyclic) bond motifs is 1. The number of amides is 1. The van der Waals surface area contributed by atoms with Crippen LogP contribution in [0.4, 0.5) is 5.69 Å². The first-order chi connectivity index (χ1) is 8.15. The topological polar surface area (TPSA) is 55.4 Å². The van der Waals surface area contributed by atoms with Crippen molar-refractivity contribution in [1.29, 1.82) is 0 Å². The Morgan fingerprint density at radius 3 is 2.94 bits per heavy atom. The summed E-state index contributed by atoms with van der Waals surface area (Å²) in [6, 6.07) is 5.60. The predicted molar refractivity (Wildman–Crippen MR) is 64.2 cm³/mol. The number of rotatable bonds is 4. The summed E-state index contributed by atoms with van der Waals surface area (Å²) in [4.78, 5) is 22.3. The molecule has 0 bridgehead atoms. The van der Waals surface area contributed by atoms with Crippen LogP contribution in [0.25, 0.3) is 0 Å². The normalized spacial score (nSPS) is 12.8. The number of Topliss-reactive ketones (excluding diaryl/α,β-unsaturated/α-hetero) is 1. The van der Waals surface area contributed by atoms with E-state index in [1.165, 1.54) is 6.92 Å². The minimum absolute atomic E-state index is 0.0301. The molecule has 17 heavy (non-hydrogen) atoms. The van der Waals surface area contributed by atoms with Gasteiger partial charge in [-0.15, -0.1) is 0 Å². The van der Waals surface area contributed by atoms with Gasteiger partial charge in [0.15, 0.2) is 0 Å². The van der Waals surface area contributed by atoms with E-state index in [2.05, 4.69) is 5.32 Å². The van der Waals surface area contributed by atoms with Gasteiger partial charge in [0, 0.05) is 24.9 Å². The molecule has 0 spiro atoms. The van der Waals surface area contributed by atoms with Crippen LogP contribution in [-0.2, 0) is 16.0 Å². The molecule has 0 fully saturated rings. The Bertz CT molecular complexity index is 454. The Morgan fingerprint density at radius 1 is 1.35 bits per heavy atom. The maximum Gasteiger partial charge on any atom is 0.224 e. The van der Waals surface area contributed by atoms with Crippen LogP contribution in [0.15, 0.2) is 18.2 Å². The molecule has 1 aromatic carbocycles.